The normalized spacial score (nSPS) is 10.4. The highest BCUT2D eigenvalue weighted by Gasteiger charge is 2.06. The Labute approximate surface area is 110 Å². The number of hydrogen-bond donors (Lipinski definition) is 1. The molecule has 5 heteroatoms. The molecule has 0 saturated heterocycles. The van der Waals surface area contributed by atoms with Crippen LogP contribution in [-0.4, -0.2) is 15.1 Å². The maximum atomic E-state index is 11.0. The second-order valence-corrected chi connectivity index (χ2v) is 5.07. The SMILES string of the molecule is CC(=O)Cc1nsc(Nc2ccc(C)c(C)c2)n1. The predicted molar refractivity (Wildman–Crippen MR) is 73.5 cm³/mol. The monoisotopic (exact) mass is 261 g/mol. The average molecular weight is 261 g/mol. The molecule has 0 atom stereocenters. The summed E-state index contributed by atoms with van der Waals surface area (Å²) in [6, 6.07) is 6.14. The molecule has 1 aromatic carbocycles. The number of Topliss-reactive ketones (excluding diaryl/α,β-unsaturated/α-hetero) is 1. The fourth-order valence-corrected chi connectivity index (χ4v) is 2.15. The Morgan fingerprint density at radius 3 is 2.78 bits per heavy atom. The van der Waals surface area contributed by atoms with E-state index in [0.717, 1.165) is 10.8 Å². The topological polar surface area (TPSA) is 54.9 Å². The maximum Gasteiger partial charge on any atom is 0.207 e. The van der Waals surface area contributed by atoms with Crippen LogP contribution in [-0.2, 0) is 11.2 Å². The van der Waals surface area contributed by atoms with Crippen LogP contribution in [0.3, 0.4) is 0 Å². The minimum atomic E-state index is 0.0746. The van der Waals surface area contributed by atoms with E-state index < -0.39 is 0 Å². The average Bonchev–Trinajstić information content (AvgIpc) is 2.70. The van der Waals surface area contributed by atoms with Crippen molar-refractivity contribution >= 4 is 28.1 Å². The molecule has 0 aliphatic heterocycles. The zero-order valence-corrected chi connectivity index (χ0v) is 11.5. The predicted octanol–water partition coefficient (Wildman–Crippen LogP) is 3.03. The fraction of sp³-hybridized carbons (Fsp3) is 0.308. The summed E-state index contributed by atoms with van der Waals surface area (Å²) >= 11 is 1.27. The van der Waals surface area contributed by atoms with E-state index in [0.29, 0.717) is 12.2 Å². The van der Waals surface area contributed by atoms with Crippen LogP contribution in [0.1, 0.15) is 23.9 Å². The van der Waals surface area contributed by atoms with Gasteiger partial charge in [0.2, 0.25) is 5.13 Å². The lowest BCUT2D eigenvalue weighted by atomic mass is 10.1. The minimum absolute atomic E-state index is 0.0746. The molecule has 0 amide bonds. The second-order valence-electron chi connectivity index (χ2n) is 4.32. The van der Waals surface area contributed by atoms with Crippen molar-refractivity contribution in [3.8, 4) is 0 Å². The summed E-state index contributed by atoms with van der Waals surface area (Å²) in [4.78, 5) is 15.2. The number of carbonyl (C=O) groups is 1. The molecule has 2 aromatic rings. The first kappa shape index (κ1) is 12.7. The second kappa shape index (κ2) is 5.27. The number of aromatic nitrogens is 2. The third-order valence-corrected chi connectivity index (χ3v) is 3.30. The van der Waals surface area contributed by atoms with Crippen molar-refractivity contribution in [3.05, 3.63) is 35.2 Å². The largest absolute Gasteiger partial charge is 0.330 e. The number of benzene rings is 1. The van der Waals surface area contributed by atoms with Crippen LogP contribution in [0.5, 0.6) is 0 Å². The van der Waals surface area contributed by atoms with Crippen LogP contribution in [0.4, 0.5) is 10.8 Å². The lowest BCUT2D eigenvalue weighted by Gasteiger charge is -2.05. The van der Waals surface area contributed by atoms with Gasteiger partial charge in [-0.2, -0.15) is 4.37 Å². The maximum absolute atomic E-state index is 11.0. The number of rotatable bonds is 4. The first-order valence-electron chi connectivity index (χ1n) is 5.71. The highest BCUT2D eigenvalue weighted by Crippen LogP contribution is 2.21. The molecule has 0 spiro atoms. The Bertz CT molecular complexity index is 577. The fourth-order valence-electron chi connectivity index (χ4n) is 1.54. The van der Waals surface area contributed by atoms with Crippen LogP contribution in [0.25, 0.3) is 0 Å². The summed E-state index contributed by atoms with van der Waals surface area (Å²) in [5, 5.41) is 3.92. The highest BCUT2D eigenvalue weighted by molar-refractivity contribution is 7.09. The Kier molecular flexibility index (Phi) is 3.72. The molecule has 0 unspecified atom stereocenters. The number of nitrogens with one attached hydrogen (secondary N) is 1. The Morgan fingerprint density at radius 2 is 2.11 bits per heavy atom. The number of ketones is 1. The number of hydrogen-bond acceptors (Lipinski definition) is 5. The van der Waals surface area contributed by atoms with Gasteiger partial charge in [-0.15, -0.1) is 0 Å². The minimum Gasteiger partial charge on any atom is -0.330 e. The third kappa shape index (κ3) is 3.13. The summed E-state index contributed by atoms with van der Waals surface area (Å²) < 4.78 is 4.14. The zero-order chi connectivity index (χ0) is 13.1. The summed E-state index contributed by atoms with van der Waals surface area (Å²) in [6.07, 6.45) is 0.297. The summed E-state index contributed by atoms with van der Waals surface area (Å²) in [5.74, 6) is 0.657. The van der Waals surface area contributed by atoms with Crippen LogP contribution in [0, 0.1) is 13.8 Å². The van der Waals surface area contributed by atoms with Gasteiger partial charge in [0.05, 0.1) is 6.42 Å². The molecule has 1 N–H and O–H groups in total. The van der Waals surface area contributed by atoms with Crippen molar-refractivity contribution in [1.82, 2.24) is 9.36 Å². The van der Waals surface area contributed by atoms with Gasteiger partial charge in [0, 0.05) is 17.2 Å². The van der Waals surface area contributed by atoms with Gasteiger partial charge < -0.3 is 5.32 Å². The van der Waals surface area contributed by atoms with Crippen molar-refractivity contribution in [2.24, 2.45) is 0 Å². The van der Waals surface area contributed by atoms with Gasteiger partial charge in [-0.25, -0.2) is 4.98 Å². The molecule has 1 aromatic heterocycles. The van der Waals surface area contributed by atoms with E-state index in [1.807, 2.05) is 6.07 Å². The molecule has 0 radical (unpaired) electrons. The van der Waals surface area contributed by atoms with Gasteiger partial charge >= 0.3 is 0 Å². The zero-order valence-electron chi connectivity index (χ0n) is 10.7. The van der Waals surface area contributed by atoms with Crippen molar-refractivity contribution in [2.45, 2.75) is 27.2 Å². The van der Waals surface area contributed by atoms with Crippen LogP contribution in [0.15, 0.2) is 18.2 Å². The van der Waals surface area contributed by atoms with Crippen LogP contribution < -0.4 is 5.32 Å². The molecule has 94 valence electrons. The van der Waals surface area contributed by atoms with Gasteiger partial charge in [-0.1, -0.05) is 6.07 Å². The summed E-state index contributed by atoms with van der Waals surface area (Å²) in [6.45, 7) is 5.69. The number of carbonyl (C=O) groups excluding carboxylic acids is 1. The van der Waals surface area contributed by atoms with E-state index in [4.69, 9.17) is 0 Å². The molecular formula is C13H15N3OS. The molecule has 1 heterocycles. The van der Waals surface area contributed by atoms with Crippen LogP contribution >= 0.6 is 11.5 Å². The van der Waals surface area contributed by atoms with Crippen molar-refractivity contribution in [2.75, 3.05) is 5.32 Å². The van der Waals surface area contributed by atoms with E-state index in [2.05, 4.69) is 40.7 Å². The van der Waals surface area contributed by atoms with E-state index in [1.54, 1.807) is 0 Å². The van der Waals surface area contributed by atoms with E-state index in [1.165, 1.54) is 29.6 Å². The summed E-state index contributed by atoms with van der Waals surface area (Å²) in [5.41, 5.74) is 3.48. The first-order valence-corrected chi connectivity index (χ1v) is 6.48. The Balaban J connectivity index is 2.11. The smallest absolute Gasteiger partial charge is 0.207 e. The van der Waals surface area contributed by atoms with E-state index in [-0.39, 0.29) is 5.78 Å². The molecule has 0 aliphatic carbocycles. The number of aryl methyl sites for hydroxylation is 2. The molecule has 0 aliphatic rings. The molecule has 2 rings (SSSR count). The number of nitrogens with zero attached hydrogens (tertiary/aromatic N) is 2. The standard InChI is InChI=1S/C13H15N3OS/c1-8-4-5-11(6-9(8)2)14-13-15-12(16-18-13)7-10(3)17/h4-6H,7H2,1-3H3,(H,14,15,16). The Hall–Kier alpha value is -1.75. The molecule has 0 fully saturated rings. The van der Waals surface area contributed by atoms with E-state index in [9.17, 15) is 4.79 Å². The number of anilines is 2. The summed E-state index contributed by atoms with van der Waals surface area (Å²) in [7, 11) is 0. The quantitative estimate of drug-likeness (QED) is 0.919. The molecular weight excluding hydrogens is 246 g/mol. The molecule has 0 saturated carbocycles. The molecule has 0 bridgehead atoms. The lowest BCUT2D eigenvalue weighted by molar-refractivity contribution is -0.116. The van der Waals surface area contributed by atoms with Gasteiger partial charge in [-0.05, 0) is 44.0 Å². The first-order chi connectivity index (χ1) is 8.54. The van der Waals surface area contributed by atoms with Gasteiger partial charge in [0.25, 0.3) is 0 Å². The van der Waals surface area contributed by atoms with E-state index >= 15 is 0 Å². The van der Waals surface area contributed by atoms with Crippen molar-refractivity contribution < 1.29 is 4.79 Å². The van der Waals surface area contributed by atoms with Gasteiger partial charge in [0.1, 0.15) is 5.78 Å². The third-order valence-electron chi connectivity index (χ3n) is 2.63. The highest BCUT2D eigenvalue weighted by atomic mass is 32.1. The van der Waals surface area contributed by atoms with Gasteiger partial charge in [0.15, 0.2) is 5.82 Å². The molecule has 18 heavy (non-hydrogen) atoms. The molecule has 4 nitrogen and oxygen atoms in total. The van der Waals surface area contributed by atoms with Crippen molar-refractivity contribution in [3.63, 3.8) is 0 Å². The van der Waals surface area contributed by atoms with Crippen molar-refractivity contribution in [1.29, 1.82) is 0 Å². The Morgan fingerprint density at radius 1 is 1.33 bits per heavy atom. The lowest BCUT2D eigenvalue weighted by Crippen LogP contribution is -1.98. The van der Waals surface area contributed by atoms with Gasteiger partial charge in [-0.3, -0.25) is 4.79 Å². The van der Waals surface area contributed by atoms with Crippen LogP contribution in [0.2, 0.25) is 0 Å².